The minimum Gasteiger partial charge on any atom is -0.387 e. The molecule has 0 bridgehead atoms. The topological polar surface area (TPSA) is 43.8 Å². The molecule has 1 fully saturated rings. The highest BCUT2D eigenvalue weighted by Gasteiger charge is 2.36. The number of hydrogen-bond acceptors (Lipinski definition) is 3. The number of rotatable bonds is 4. The summed E-state index contributed by atoms with van der Waals surface area (Å²) < 4.78 is 39.4. The lowest BCUT2D eigenvalue weighted by Crippen LogP contribution is -2.49. The Kier molecular flexibility index (Phi) is 5.82. The number of carbonyl (C=O) groups is 1. The number of piperazine rings is 1. The van der Waals surface area contributed by atoms with E-state index in [4.69, 9.17) is 0 Å². The monoisotopic (exact) mass is 378 g/mol. The highest BCUT2D eigenvalue weighted by Crippen LogP contribution is 2.32. The summed E-state index contributed by atoms with van der Waals surface area (Å²) in [4.78, 5) is 16.0. The molecule has 0 saturated carbocycles. The van der Waals surface area contributed by atoms with Crippen molar-refractivity contribution in [1.29, 1.82) is 0 Å². The van der Waals surface area contributed by atoms with Crippen molar-refractivity contribution in [1.82, 2.24) is 9.80 Å². The lowest BCUT2D eigenvalue weighted by atomic mass is 10.1. The van der Waals surface area contributed by atoms with Crippen molar-refractivity contribution in [2.75, 3.05) is 32.7 Å². The standard InChI is InChI=1S/C20H21F3N2O2/c21-20(22,23)17-9-5-4-8-16(17)19(27)25-12-10-24(11-13-25)14-18(26)15-6-2-1-3-7-15/h1-9,18,26H,10-14H2/t18-/m0/s1. The second-order valence-corrected chi connectivity index (χ2v) is 6.56. The van der Waals surface area contributed by atoms with Gasteiger partial charge in [0.25, 0.3) is 5.91 Å². The van der Waals surface area contributed by atoms with E-state index in [9.17, 15) is 23.1 Å². The number of nitrogens with zero attached hydrogens (tertiary/aromatic N) is 2. The molecule has 1 aliphatic rings. The highest BCUT2D eigenvalue weighted by atomic mass is 19.4. The molecule has 1 N–H and O–H groups in total. The van der Waals surface area contributed by atoms with Gasteiger partial charge in [-0.2, -0.15) is 13.2 Å². The van der Waals surface area contributed by atoms with Crippen molar-refractivity contribution in [3.8, 4) is 0 Å². The number of halogens is 3. The largest absolute Gasteiger partial charge is 0.417 e. The van der Waals surface area contributed by atoms with Crippen LogP contribution in [-0.2, 0) is 6.18 Å². The van der Waals surface area contributed by atoms with Gasteiger partial charge in [-0.3, -0.25) is 9.69 Å². The molecule has 1 aliphatic heterocycles. The van der Waals surface area contributed by atoms with Crippen LogP contribution in [0.1, 0.15) is 27.6 Å². The van der Waals surface area contributed by atoms with Gasteiger partial charge in [-0.05, 0) is 17.7 Å². The first-order valence-corrected chi connectivity index (χ1v) is 8.77. The number of amides is 1. The lowest BCUT2D eigenvalue weighted by Gasteiger charge is -2.36. The van der Waals surface area contributed by atoms with Crippen LogP contribution in [0, 0.1) is 0 Å². The Hall–Kier alpha value is -2.38. The van der Waals surface area contributed by atoms with Crippen LogP contribution in [-0.4, -0.2) is 53.5 Å². The van der Waals surface area contributed by atoms with Crippen LogP contribution < -0.4 is 0 Å². The summed E-state index contributed by atoms with van der Waals surface area (Å²) in [5.41, 5.74) is -0.408. The number of benzene rings is 2. The van der Waals surface area contributed by atoms with Crippen molar-refractivity contribution in [3.05, 3.63) is 71.3 Å². The molecule has 1 saturated heterocycles. The van der Waals surface area contributed by atoms with E-state index in [1.54, 1.807) is 0 Å². The maximum atomic E-state index is 13.1. The van der Waals surface area contributed by atoms with Gasteiger partial charge < -0.3 is 10.0 Å². The van der Waals surface area contributed by atoms with E-state index >= 15 is 0 Å². The van der Waals surface area contributed by atoms with E-state index in [-0.39, 0.29) is 5.56 Å². The Morgan fingerprint density at radius 1 is 0.963 bits per heavy atom. The Balaban J connectivity index is 1.60. The summed E-state index contributed by atoms with van der Waals surface area (Å²) in [6.07, 6.45) is -5.20. The van der Waals surface area contributed by atoms with E-state index in [0.717, 1.165) is 11.6 Å². The van der Waals surface area contributed by atoms with Crippen LogP contribution in [0.3, 0.4) is 0 Å². The molecular formula is C20H21F3N2O2. The van der Waals surface area contributed by atoms with Gasteiger partial charge in [-0.15, -0.1) is 0 Å². The summed E-state index contributed by atoms with van der Waals surface area (Å²) in [7, 11) is 0. The Labute approximate surface area is 155 Å². The first kappa shape index (κ1) is 19.4. The van der Waals surface area contributed by atoms with E-state index in [2.05, 4.69) is 0 Å². The predicted molar refractivity (Wildman–Crippen MR) is 95.2 cm³/mol. The number of β-amino-alcohol motifs (C(OH)–C–C–N with tert-alkyl or cyclic N) is 1. The fraction of sp³-hybridized carbons (Fsp3) is 0.350. The molecule has 0 aromatic heterocycles. The predicted octanol–water partition coefficient (Wildman–Crippen LogP) is 3.20. The van der Waals surface area contributed by atoms with Crippen molar-refractivity contribution < 1.29 is 23.1 Å². The molecule has 27 heavy (non-hydrogen) atoms. The Morgan fingerprint density at radius 2 is 1.56 bits per heavy atom. The Bertz CT molecular complexity index is 772. The van der Waals surface area contributed by atoms with Crippen molar-refractivity contribution in [2.24, 2.45) is 0 Å². The van der Waals surface area contributed by atoms with Gasteiger partial charge in [0, 0.05) is 32.7 Å². The Morgan fingerprint density at radius 3 is 2.19 bits per heavy atom. The molecule has 0 spiro atoms. The van der Waals surface area contributed by atoms with Crippen molar-refractivity contribution >= 4 is 5.91 Å². The average Bonchev–Trinajstić information content (AvgIpc) is 2.68. The van der Waals surface area contributed by atoms with Crippen LogP contribution >= 0.6 is 0 Å². The van der Waals surface area contributed by atoms with Gasteiger partial charge in [0.2, 0.25) is 0 Å². The quantitative estimate of drug-likeness (QED) is 0.889. The van der Waals surface area contributed by atoms with Gasteiger partial charge in [0.1, 0.15) is 0 Å². The first-order chi connectivity index (χ1) is 12.9. The van der Waals surface area contributed by atoms with Gasteiger partial charge in [0.15, 0.2) is 0 Å². The third kappa shape index (κ3) is 4.67. The van der Waals surface area contributed by atoms with Gasteiger partial charge >= 0.3 is 6.18 Å². The van der Waals surface area contributed by atoms with Crippen molar-refractivity contribution in [3.63, 3.8) is 0 Å². The van der Waals surface area contributed by atoms with E-state index in [0.29, 0.717) is 32.7 Å². The maximum absolute atomic E-state index is 13.1. The molecule has 3 rings (SSSR count). The second-order valence-electron chi connectivity index (χ2n) is 6.56. The third-order valence-corrected chi connectivity index (χ3v) is 4.74. The minimum absolute atomic E-state index is 0.317. The van der Waals surface area contributed by atoms with Gasteiger partial charge in [-0.25, -0.2) is 0 Å². The molecule has 1 heterocycles. The molecule has 0 aliphatic carbocycles. The molecular weight excluding hydrogens is 357 g/mol. The molecule has 2 aromatic rings. The van der Waals surface area contributed by atoms with Crippen LogP contribution in [0.4, 0.5) is 13.2 Å². The smallest absolute Gasteiger partial charge is 0.387 e. The van der Waals surface area contributed by atoms with E-state index < -0.39 is 23.8 Å². The summed E-state index contributed by atoms with van der Waals surface area (Å²) in [5, 5.41) is 10.3. The zero-order valence-corrected chi connectivity index (χ0v) is 14.7. The number of aliphatic hydroxyl groups is 1. The molecule has 1 atom stereocenters. The minimum atomic E-state index is -4.56. The second kappa shape index (κ2) is 8.10. The van der Waals surface area contributed by atoms with E-state index in [1.807, 2.05) is 35.2 Å². The van der Waals surface area contributed by atoms with E-state index in [1.165, 1.54) is 23.1 Å². The van der Waals surface area contributed by atoms with Crippen molar-refractivity contribution in [2.45, 2.75) is 12.3 Å². The maximum Gasteiger partial charge on any atom is 0.417 e. The van der Waals surface area contributed by atoms with Crippen LogP contribution in [0.5, 0.6) is 0 Å². The average molecular weight is 378 g/mol. The molecule has 144 valence electrons. The van der Waals surface area contributed by atoms with Crippen LogP contribution in [0.2, 0.25) is 0 Å². The first-order valence-electron chi connectivity index (χ1n) is 8.77. The van der Waals surface area contributed by atoms with Crippen LogP contribution in [0.15, 0.2) is 54.6 Å². The highest BCUT2D eigenvalue weighted by molar-refractivity contribution is 5.96. The third-order valence-electron chi connectivity index (χ3n) is 4.74. The molecule has 4 nitrogen and oxygen atoms in total. The summed E-state index contributed by atoms with van der Waals surface area (Å²) in [6.45, 7) is 2.08. The van der Waals surface area contributed by atoms with Gasteiger partial charge in [-0.1, -0.05) is 42.5 Å². The summed E-state index contributed by atoms with van der Waals surface area (Å²) in [5.74, 6) is -0.605. The molecule has 0 radical (unpaired) electrons. The van der Waals surface area contributed by atoms with Crippen LogP contribution in [0.25, 0.3) is 0 Å². The normalized spacial score (nSPS) is 17.0. The fourth-order valence-electron chi connectivity index (χ4n) is 3.25. The number of alkyl halides is 3. The number of aliphatic hydroxyl groups excluding tert-OH is 1. The molecule has 0 unspecified atom stereocenters. The SMILES string of the molecule is O=C(c1ccccc1C(F)(F)F)N1CCN(C[C@H](O)c2ccccc2)CC1. The summed E-state index contributed by atoms with van der Waals surface area (Å²) in [6, 6.07) is 14.1. The molecule has 1 amide bonds. The zero-order chi connectivity index (χ0) is 19.4. The number of carbonyl (C=O) groups excluding carboxylic acids is 1. The molecule has 7 heteroatoms. The zero-order valence-electron chi connectivity index (χ0n) is 14.7. The van der Waals surface area contributed by atoms with Gasteiger partial charge in [0.05, 0.1) is 17.2 Å². The lowest BCUT2D eigenvalue weighted by molar-refractivity contribution is -0.138. The molecule has 2 aromatic carbocycles. The fourth-order valence-corrected chi connectivity index (χ4v) is 3.25. The summed E-state index contributed by atoms with van der Waals surface area (Å²) >= 11 is 0. The number of hydrogen-bond donors (Lipinski definition) is 1.